The number of hydrogen-bond donors (Lipinski definition) is 2. The van der Waals surface area contributed by atoms with E-state index in [9.17, 15) is 9.59 Å². The number of nitrogens with one attached hydrogen (secondary N) is 1. The van der Waals surface area contributed by atoms with Crippen LogP contribution in [0.3, 0.4) is 0 Å². The number of aliphatic imine (C=N–C) groups is 1. The summed E-state index contributed by atoms with van der Waals surface area (Å²) in [5.41, 5.74) is 2.00. The van der Waals surface area contributed by atoms with E-state index >= 15 is 0 Å². The minimum absolute atomic E-state index is 0.0908. The van der Waals surface area contributed by atoms with Crippen molar-refractivity contribution in [3.05, 3.63) is 70.3 Å². The summed E-state index contributed by atoms with van der Waals surface area (Å²) in [6, 6.07) is 10.2. The van der Waals surface area contributed by atoms with Gasteiger partial charge in [0, 0.05) is 31.2 Å². The van der Waals surface area contributed by atoms with E-state index in [0.717, 1.165) is 5.39 Å². The van der Waals surface area contributed by atoms with Gasteiger partial charge in [-0.15, -0.1) is 0 Å². The first-order valence-electron chi connectivity index (χ1n) is 8.10. The minimum atomic E-state index is -0.335. The molecule has 0 saturated carbocycles. The zero-order chi connectivity index (χ0) is 19.4. The monoisotopic (exact) mass is 362 g/mol. The fourth-order valence-electron chi connectivity index (χ4n) is 2.49. The van der Waals surface area contributed by atoms with Gasteiger partial charge >= 0.3 is 0 Å². The average Bonchev–Trinajstić information content (AvgIpc) is 2.68. The third kappa shape index (κ3) is 3.90. The first-order chi connectivity index (χ1) is 13.0. The molecule has 3 aromatic rings. The lowest BCUT2D eigenvalue weighted by molar-refractivity contribution is 0.0827. The second-order valence-corrected chi connectivity index (χ2v) is 5.99. The number of nitrogens with two attached hydrogens (primary N) is 1. The Bertz CT molecular complexity index is 1100. The van der Waals surface area contributed by atoms with Gasteiger partial charge in [0.05, 0.1) is 29.2 Å². The standard InChI is InChI=1S/C19H18N6O2/c1-25(2)19(27)12-3-5-14(6-4-12)22-11-17(24-20)15-9-13-7-8-21-10-16(13)23-18(15)26/h3-11H,20H2,1-2H3,(H,23,26). The molecule has 2 heterocycles. The molecule has 1 amide bonds. The molecule has 3 N–H and O–H groups in total. The molecule has 8 heteroatoms. The van der Waals surface area contributed by atoms with Crippen LogP contribution in [0.5, 0.6) is 0 Å². The maximum Gasteiger partial charge on any atom is 0.258 e. The Morgan fingerprint density at radius 1 is 1.22 bits per heavy atom. The van der Waals surface area contributed by atoms with Crippen molar-refractivity contribution in [3.63, 3.8) is 0 Å². The Balaban J connectivity index is 1.88. The van der Waals surface area contributed by atoms with Crippen molar-refractivity contribution >= 4 is 34.4 Å². The van der Waals surface area contributed by atoms with E-state index in [-0.39, 0.29) is 17.2 Å². The quantitative estimate of drug-likeness (QED) is 0.417. The highest BCUT2D eigenvalue weighted by Crippen LogP contribution is 2.14. The van der Waals surface area contributed by atoms with Gasteiger partial charge in [-0.2, -0.15) is 5.10 Å². The van der Waals surface area contributed by atoms with Crippen LogP contribution < -0.4 is 11.4 Å². The molecule has 3 rings (SSSR count). The fourth-order valence-corrected chi connectivity index (χ4v) is 2.49. The number of fused-ring (bicyclic) bond motifs is 1. The molecule has 27 heavy (non-hydrogen) atoms. The lowest BCUT2D eigenvalue weighted by Gasteiger charge is -2.09. The van der Waals surface area contributed by atoms with E-state index in [2.05, 4.69) is 20.1 Å². The maximum absolute atomic E-state index is 12.3. The lowest BCUT2D eigenvalue weighted by atomic mass is 10.1. The molecule has 0 spiro atoms. The summed E-state index contributed by atoms with van der Waals surface area (Å²) >= 11 is 0. The largest absolute Gasteiger partial charge is 0.345 e. The zero-order valence-corrected chi connectivity index (χ0v) is 14.9. The Hall–Kier alpha value is -3.81. The predicted molar refractivity (Wildman–Crippen MR) is 106 cm³/mol. The summed E-state index contributed by atoms with van der Waals surface area (Å²) in [6.45, 7) is 0. The summed E-state index contributed by atoms with van der Waals surface area (Å²) in [4.78, 5) is 36.7. The van der Waals surface area contributed by atoms with E-state index in [1.807, 2.05) is 0 Å². The molecule has 0 aliphatic carbocycles. The van der Waals surface area contributed by atoms with E-state index < -0.39 is 0 Å². The minimum Gasteiger partial charge on any atom is -0.345 e. The van der Waals surface area contributed by atoms with Crippen LogP contribution in [0.4, 0.5) is 5.69 Å². The summed E-state index contributed by atoms with van der Waals surface area (Å²) in [7, 11) is 3.38. The number of carbonyl (C=O) groups excluding carboxylic acids is 1. The van der Waals surface area contributed by atoms with Crippen molar-refractivity contribution < 1.29 is 4.79 Å². The number of rotatable bonds is 4. The second kappa shape index (κ2) is 7.61. The molecule has 0 aliphatic rings. The van der Waals surface area contributed by atoms with Crippen molar-refractivity contribution in [1.29, 1.82) is 0 Å². The van der Waals surface area contributed by atoms with Crippen LogP contribution in [0.25, 0.3) is 10.9 Å². The molecule has 0 radical (unpaired) electrons. The highest BCUT2D eigenvalue weighted by molar-refractivity contribution is 6.38. The molecule has 8 nitrogen and oxygen atoms in total. The van der Waals surface area contributed by atoms with Gasteiger partial charge < -0.3 is 15.7 Å². The molecular weight excluding hydrogens is 344 g/mol. The number of amides is 1. The third-order valence-electron chi connectivity index (χ3n) is 3.92. The number of aromatic amines is 1. The topological polar surface area (TPSA) is 117 Å². The number of benzene rings is 1. The molecule has 0 aliphatic heterocycles. The maximum atomic E-state index is 12.3. The van der Waals surface area contributed by atoms with Crippen LogP contribution in [0.1, 0.15) is 15.9 Å². The Morgan fingerprint density at radius 2 is 1.96 bits per heavy atom. The SMILES string of the molecule is CN(C)C(=O)c1ccc(N=CC(=NN)c2cc3ccncc3[nH]c2=O)cc1. The van der Waals surface area contributed by atoms with Crippen LogP contribution >= 0.6 is 0 Å². The third-order valence-corrected chi connectivity index (χ3v) is 3.92. The van der Waals surface area contributed by atoms with Gasteiger partial charge in [-0.1, -0.05) is 0 Å². The van der Waals surface area contributed by atoms with Gasteiger partial charge in [0.25, 0.3) is 11.5 Å². The number of hydrazone groups is 1. The van der Waals surface area contributed by atoms with Gasteiger partial charge in [-0.25, -0.2) is 0 Å². The summed E-state index contributed by atoms with van der Waals surface area (Å²) in [5, 5.41) is 4.49. The van der Waals surface area contributed by atoms with Gasteiger partial charge in [-0.05, 0) is 36.4 Å². The van der Waals surface area contributed by atoms with Gasteiger partial charge in [0.2, 0.25) is 0 Å². The molecule has 0 unspecified atom stereocenters. The lowest BCUT2D eigenvalue weighted by Crippen LogP contribution is -2.21. The van der Waals surface area contributed by atoms with Crippen molar-refractivity contribution in [2.75, 3.05) is 14.1 Å². The van der Waals surface area contributed by atoms with Gasteiger partial charge in [-0.3, -0.25) is 19.6 Å². The van der Waals surface area contributed by atoms with E-state index in [0.29, 0.717) is 22.3 Å². The zero-order valence-electron chi connectivity index (χ0n) is 14.9. The normalized spacial score (nSPS) is 11.9. The summed E-state index contributed by atoms with van der Waals surface area (Å²) in [5.74, 6) is 5.37. The Labute approximate surface area is 155 Å². The van der Waals surface area contributed by atoms with Gasteiger partial charge in [0.1, 0.15) is 5.71 Å². The summed E-state index contributed by atoms with van der Waals surface area (Å²) < 4.78 is 0. The van der Waals surface area contributed by atoms with Crippen LogP contribution in [0.15, 0.2) is 63.7 Å². The fraction of sp³-hybridized carbons (Fsp3) is 0.105. The average molecular weight is 362 g/mol. The number of pyridine rings is 2. The van der Waals surface area contributed by atoms with E-state index in [4.69, 9.17) is 5.84 Å². The van der Waals surface area contributed by atoms with E-state index in [1.54, 1.807) is 62.9 Å². The molecule has 1 aromatic carbocycles. The summed E-state index contributed by atoms with van der Waals surface area (Å²) in [6.07, 6.45) is 4.62. The smallest absolute Gasteiger partial charge is 0.258 e. The predicted octanol–water partition coefficient (Wildman–Crippen LogP) is 1.69. The first kappa shape index (κ1) is 18.0. The number of carbonyl (C=O) groups is 1. The van der Waals surface area contributed by atoms with Crippen LogP contribution in [-0.4, -0.2) is 46.8 Å². The number of nitrogens with zero attached hydrogens (tertiary/aromatic N) is 4. The highest BCUT2D eigenvalue weighted by Gasteiger charge is 2.09. The van der Waals surface area contributed by atoms with Crippen LogP contribution in [-0.2, 0) is 0 Å². The molecule has 0 fully saturated rings. The highest BCUT2D eigenvalue weighted by atomic mass is 16.2. The number of aromatic nitrogens is 2. The van der Waals surface area contributed by atoms with Crippen LogP contribution in [0.2, 0.25) is 0 Å². The van der Waals surface area contributed by atoms with Gasteiger partial charge in [0.15, 0.2) is 0 Å². The molecular formula is C19H18N6O2. The first-order valence-corrected chi connectivity index (χ1v) is 8.10. The Kier molecular flexibility index (Phi) is 5.07. The van der Waals surface area contributed by atoms with Crippen molar-refractivity contribution in [2.24, 2.45) is 15.9 Å². The van der Waals surface area contributed by atoms with E-state index in [1.165, 1.54) is 11.1 Å². The van der Waals surface area contributed by atoms with Crippen molar-refractivity contribution in [3.8, 4) is 0 Å². The second-order valence-electron chi connectivity index (χ2n) is 5.99. The molecule has 2 aromatic heterocycles. The van der Waals surface area contributed by atoms with Crippen molar-refractivity contribution in [2.45, 2.75) is 0 Å². The van der Waals surface area contributed by atoms with Crippen LogP contribution in [0, 0.1) is 0 Å². The Morgan fingerprint density at radius 3 is 2.63 bits per heavy atom. The number of hydrogen-bond acceptors (Lipinski definition) is 6. The van der Waals surface area contributed by atoms with Crippen molar-refractivity contribution in [1.82, 2.24) is 14.9 Å². The molecule has 0 bridgehead atoms. The molecule has 136 valence electrons. The molecule has 0 atom stereocenters. The molecule has 0 saturated heterocycles. The number of H-pyrrole nitrogens is 1.